The van der Waals surface area contributed by atoms with Gasteiger partial charge in [-0.3, -0.25) is 0 Å². The first-order valence-electron chi connectivity index (χ1n) is 4.79. The highest BCUT2D eigenvalue weighted by atomic mass is 35.5. The van der Waals surface area contributed by atoms with Crippen molar-refractivity contribution in [2.24, 2.45) is 0 Å². The minimum Gasteiger partial charge on any atom is -0.377 e. The molecule has 0 aliphatic carbocycles. The Hall–Kier alpha value is -0.530. The molecule has 14 heavy (non-hydrogen) atoms. The van der Waals surface area contributed by atoms with Crippen molar-refractivity contribution >= 4 is 11.6 Å². The quantitative estimate of drug-likeness (QED) is 0.691. The van der Waals surface area contributed by atoms with Gasteiger partial charge in [-0.05, 0) is 25.8 Å². The molecule has 0 aliphatic rings. The number of halogens is 1. The van der Waals surface area contributed by atoms with Crippen LogP contribution in [-0.2, 0) is 4.74 Å². The smallest absolute Gasteiger partial charge is 0.0837 e. The molecule has 0 N–H and O–H groups in total. The van der Waals surface area contributed by atoms with E-state index in [-0.39, 0.29) is 11.0 Å². The van der Waals surface area contributed by atoms with Gasteiger partial charge in [0.2, 0.25) is 0 Å². The summed E-state index contributed by atoms with van der Waals surface area (Å²) >= 11 is 6.18. The standard InChI is InChI=1S/C12H17ClO/c1-12(2,13)9-11(14-3)10-7-5-4-6-8-10/h4-8,11H,9H2,1-3H3. The fourth-order valence-corrected chi connectivity index (χ4v) is 1.59. The van der Waals surface area contributed by atoms with E-state index in [9.17, 15) is 0 Å². The number of rotatable bonds is 4. The molecular weight excluding hydrogens is 196 g/mol. The van der Waals surface area contributed by atoms with E-state index < -0.39 is 0 Å². The van der Waals surface area contributed by atoms with Crippen LogP contribution < -0.4 is 0 Å². The minimum atomic E-state index is -0.226. The van der Waals surface area contributed by atoms with E-state index in [1.807, 2.05) is 32.0 Å². The van der Waals surface area contributed by atoms with Crippen molar-refractivity contribution in [2.45, 2.75) is 31.2 Å². The number of methoxy groups -OCH3 is 1. The highest BCUT2D eigenvalue weighted by Crippen LogP contribution is 2.30. The van der Waals surface area contributed by atoms with E-state index in [0.29, 0.717) is 0 Å². The second-order valence-corrected chi connectivity index (χ2v) is 5.08. The fraction of sp³-hybridized carbons (Fsp3) is 0.500. The zero-order valence-corrected chi connectivity index (χ0v) is 9.71. The lowest BCUT2D eigenvalue weighted by Crippen LogP contribution is -2.16. The Morgan fingerprint density at radius 1 is 1.29 bits per heavy atom. The van der Waals surface area contributed by atoms with Crippen molar-refractivity contribution in [1.29, 1.82) is 0 Å². The summed E-state index contributed by atoms with van der Waals surface area (Å²) in [6.45, 7) is 4.01. The molecule has 0 amide bonds. The van der Waals surface area contributed by atoms with E-state index in [1.165, 1.54) is 5.56 Å². The molecule has 2 heteroatoms. The molecule has 0 radical (unpaired) electrons. The first-order valence-corrected chi connectivity index (χ1v) is 5.17. The molecule has 1 aromatic rings. The number of alkyl halides is 1. The molecule has 0 saturated heterocycles. The van der Waals surface area contributed by atoms with Gasteiger partial charge in [-0.2, -0.15) is 0 Å². The van der Waals surface area contributed by atoms with E-state index in [2.05, 4.69) is 12.1 Å². The van der Waals surface area contributed by atoms with Gasteiger partial charge >= 0.3 is 0 Å². The van der Waals surface area contributed by atoms with Crippen LogP contribution in [0.5, 0.6) is 0 Å². The molecule has 0 bridgehead atoms. The molecular formula is C12H17ClO. The van der Waals surface area contributed by atoms with Crippen LogP contribution in [0.15, 0.2) is 30.3 Å². The van der Waals surface area contributed by atoms with Gasteiger partial charge in [-0.1, -0.05) is 30.3 Å². The van der Waals surface area contributed by atoms with E-state index in [4.69, 9.17) is 16.3 Å². The Balaban J connectivity index is 2.73. The van der Waals surface area contributed by atoms with Crippen LogP contribution in [-0.4, -0.2) is 12.0 Å². The highest BCUT2D eigenvalue weighted by Gasteiger charge is 2.21. The molecule has 1 nitrogen and oxygen atoms in total. The lowest BCUT2D eigenvalue weighted by atomic mass is 9.99. The van der Waals surface area contributed by atoms with Crippen LogP contribution in [0.4, 0.5) is 0 Å². The van der Waals surface area contributed by atoms with Crippen LogP contribution in [0.1, 0.15) is 31.9 Å². The SMILES string of the molecule is COC(CC(C)(C)Cl)c1ccccc1. The number of ether oxygens (including phenoxy) is 1. The van der Waals surface area contributed by atoms with Crippen LogP contribution in [0.2, 0.25) is 0 Å². The average molecular weight is 213 g/mol. The van der Waals surface area contributed by atoms with Gasteiger partial charge in [0.15, 0.2) is 0 Å². The lowest BCUT2D eigenvalue weighted by Gasteiger charge is -2.23. The maximum atomic E-state index is 6.18. The van der Waals surface area contributed by atoms with Crippen molar-refractivity contribution in [3.8, 4) is 0 Å². The number of hydrogen-bond acceptors (Lipinski definition) is 1. The molecule has 78 valence electrons. The Labute approximate surface area is 91.0 Å². The number of benzene rings is 1. The van der Waals surface area contributed by atoms with Gasteiger partial charge in [0.1, 0.15) is 0 Å². The fourth-order valence-electron chi connectivity index (χ4n) is 1.45. The summed E-state index contributed by atoms with van der Waals surface area (Å²) < 4.78 is 5.43. The van der Waals surface area contributed by atoms with Crippen LogP contribution in [0.25, 0.3) is 0 Å². The summed E-state index contributed by atoms with van der Waals surface area (Å²) in [6, 6.07) is 10.2. The molecule has 0 fully saturated rings. The zero-order valence-electron chi connectivity index (χ0n) is 8.96. The van der Waals surface area contributed by atoms with Crippen LogP contribution in [0, 0.1) is 0 Å². The maximum absolute atomic E-state index is 6.18. The molecule has 0 saturated carbocycles. The topological polar surface area (TPSA) is 9.23 Å². The van der Waals surface area contributed by atoms with Gasteiger partial charge < -0.3 is 4.74 Å². The summed E-state index contributed by atoms with van der Waals surface area (Å²) in [7, 11) is 1.72. The highest BCUT2D eigenvalue weighted by molar-refractivity contribution is 6.23. The Bertz CT molecular complexity index is 263. The van der Waals surface area contributed by atoms with Gasteiger partial charge in [-0.15, -0.1) is 11.6 Å². The van der Waals surface area contributed by atoms with E-state index in [0.717, 1.165) is 6.42 Å². The van der Waals surface area contributed by atoms with Crippen LogP contribution in [0.3, 0.4) is 0 Å². The molecule has 0 aliphatic heterocycles. The van der Waals surface area contributed by atoms with Gasteiger partial charge in [0.25, 0.3) is 0 Å². The molecule has 0 aromatic heterocycles. The Morgan fingerprint density at radius 2 is 1.86 bits per heavy atom. The molecule has 1 atom stereocenters. The summed E-state index contributed by atoms with van der Waals surface area (Å²) in [5.41, 5.74) is 1.18. The van der Waals surface area contributed by atoms with Crippen molar-refractivity contribution in [1.82, 2.24) is 0 Å². The average Bonchev–Trinajstić information content (AvgIpc) is 2.14. The van der Waals surface area contributed by atoms with Crippen LogP contribution >= 0.6 is 11.6 Å². The van der Waals surface area contributed by atoms with Crippen molar-refractivity contribution in [3.63, 3.8) is 0 Å². The van der Waals surface area contributed by atoms with Crippen molar-refractivity contribution in [3.05, 3.63) is 35.9 Å². The summed E-state index contributed by atoms with van der Waals surface area (Å²) in [6.07, 6.45) is 0.901. The minimum absolute atomic E-state index is 0.0868. The van der Waals surface area contributed by atoms with E-state index in [1.54, 1.807) is 7.11 Å². The molecule has 1 unspecified atom stereocenters. The maximum Gasteiger partial charge on any atom is 0.0837 e. The van der Waals surface area contributed by atoms with Gasteiger partial charge in [0, 0.05) is 12.0 Å². The molecule has 0 spiro atoms. The third kappa shape index (κ3) is 3.69. The summed E-state index contributed by atoms with van der Waals surface area (Å²) in [5, 5.41) is 0. The predicted octanol–water partition coefficient (Wildman–Crippen LogP) is 3.78. The predicted molar refractivity (Wildman–Crippen MR) is 60.7 cm³/mol. The first kappa shape index (κ1) is 11.5. The van der Waals surface area contributed by atoms with Crippen molar-refractivity contribution in [2.75, 3.05) is 7.11 Å². The zero-order chi connectivity index (χ0) is 10.6. The monoisotopic (exact) mass is 212 g/mol. The van der Waals surface area contributed by atoms with E-state index >= 15 is 0 Å². The second-order valence-electron chi connectivity index (χ2n) is 4.06. The summed E-state index contributed by atoms with van der Waals surface area (Å²) in [5.74, 6) is 0. The number of hydrogen-bond donors (Lipinski definition) is 0. The third-order valence-electron chi connectivity index (χ3n) is 2.13. The largest absolute Gasteiger partial charge is 0.377 e. The molecule has 0 heterocycles. The second kappa shape index (κ2) is 4.81. The summed E-state index contributed by atoms with van der Waals surface area (Å²) in [4.78, 5) is -0.226. The lowest BCUT2D eigenvalue weighted by molar-refractivity contribution is 0.0880. The molecule has 1 aromatic carbocycles. The Morgan fingerprint density at radius 3 is 2.29 bits per heavy atom. The first-order chi connectivity index (χ1) is 6.53. The van der Waals surface area contributed by atoms with Gasteiger partial charge in [-0.25, -0.2) is 0 Å². The van der Waals surface area contributed by atoms with Crippen molar-refractivity contribution < 1.29 is 4.74 Å². The normalized spacial score (nSPS) is 14.0. The molecule has 1 rings (SSSR count). The third-order valence-corrected chi connectivity index (χ3v) is 2.28. The Kier molecular flexibility index (Phi) is 3.97. The van der Waals surface area contributed by atoms with Gasteiger partial charge in [0.05, 0.1) is 6.10 Å².